The quantitative estimate of drug-likeness (QED) is 0.205. The van der Waals surface area contributed by atoms with Gasteiger partial charge in [0.25, 0.3) is 0 Å². The number of amides is 3. The fourth-order valence-electron chi connectivity index (χ4n) is 2.71. The van der Waals surface area contributed by atoms with Crippen LogP contribution in [0.1, 0.15) is 60.3 Å². The first-order valence-electron chi connectivity index (χ1n) is 10.6. The summed E-state index contributed by atoms with van der Waals surface area (Å²) in [5.74, 6) is -3.01. The first-order chi connectivity index (χ1) is 14.0. The van der Waals surface area contributed by atoms with E-state index in [1.807, 2.05) is 13.8 Å². The monoisotopic (exact) mass is 429 g/mol. The largest absolute Gasteiger partial charge is 0.480 e. The molecule has 0 aromatic carbocycles. The van der Waals surface area contributed by atoms with Gasteiger partial charge in [-0.05, 0) is 44.6 Å². The summed E-state index contributed by atoms with van der Waals surface area (Å²) in [4.78, 5) is 48.7. The molecule has 0 saturated carbocycles. The minimum absolute atomic E-state index is 0.0437. The van der Waals surface area contributed by atoms with Crippen LogP contribution in [0.2, 0.25) is 0 Å². The van der Waals surface area contributed by atoms with Gasteiger partial charge in [-0.2, -0.15) is 0 Å². The first-order valence-corrected chi connectivity index (χ1v) is 10.6. The zero-order chi connectivity index (χ0) is 23.4. The number of carbonyl (C=O) groups excluding carboxylic acids is 3. The second kappa shape index (κ2) is 13.9. The summed E-state index contributed by atoms with van der Waals surface area (Å²) in [6.45, 7) is 9.20. The number of carboxylic acid groups (broad SMARTS) is 1. The van der Waals surface area contributed by atoms with Crippen LogP contribution in [0.4, 0.5) is 0 Å². The van der Waals surface area contributed by atoms with Gasteiger partial charge in [0.15, 0.2) is 0 Å². The number of carboxylic acids is 1. The van der Waals surface area contributed by atoms with Crippen molar-refractivity contribution in [2.75, 3.05) is 6.54 Å². The predicted molar refractivity (Wildman–Crippen MR) is 114 cm³/mol. The fraction of sp³-hybridized carbons (Fsp3) is 0.800. The summed E-state index contributed by atoms with van der Waals surface area (Å²) < 4.78 is 0. The van der Waals surface area contributed by atoms with Gasteiger partial charge in [-0.15, -0.1) is 0 Å². The highest BCUT2D eigenvalue weighted by molar-refractivity contribution is 5.94. The molecule has 0 aromatic heterocycles. The number of unbranched alkanes of at least 4 members (excludes halogenated alkanes) is 1. The molecule has 174 valence electrons. The zero-order valence-corrected chi connectivity index (χ0v) is 18.7. The molecule has 10 nitrogen and oxygen atoms in total. The normalized spacial score (nSPS) is 16.1. The van der Waals surface area contributed by atoms with Gasteiger partial charge in [0.1, 0.15) is 18.1 Å². The summed E-state index contributed by atoms with van der Waals surface area (Å²) in [5, 5.41) is 16.9. The maximum atomic E-state index is 12.7. The van der Waals surface area contributed by atoms with Crippen molar-refractivity contribution in [2.24, 2.45) is 23.3 Å². The third-order valence-corrected chi connectivity index (χ3v) is 5.12. The van der Waals surface area contributed by atoms with Crippen molar-refractivity contribution in [3.63, 3.8) is 0 Å². The van der Waals surface area contributed by atoms with Crippen LogP contribution < -0.4 is 27.4 Å². The van der Waals surface area contributed by atoms with Crippen molar-refractivity contribution in [3.05, 3.63) is 0 Å². The Labute approximate surface area is 178 Å². The zero-order valence-electron chi connectivity index (χ0n) is 18.7. The van der Waals surface area contributed by atoms with Gasteiger partial charge in [-0.25, -0.2) is 4.79 Å². The number of rotatable bonds is 14. The van der Waals surface area contributed by atoms with Crippen LogP contribution in [0.25, 0.3) is 0 Å². The molecule has 3 amide bonds. The Hall–Kier alpha value is -2.20. The Morgan fingerprint density at radius 2 is 1.50 bits per heavy atom. The third kappa shape index (κ3) is 9.53. The molecule has 0 aliphatic carbocycles. The molecular formula is C20H39N5O5. The topological polar surface area (TPSA) is 177 Å². The average Bonchev–Trinajstić information content (AvgIpc) is 2.68. The molecule has 10 heteroatoms. The maximum absolute atomic E-state index is 12.7. The van der Waals surface area contributed by atoms with Crippen LogP contribution in [0, 0.1) is 11.8 Å². The molecular weight excluding hydrogens is 390 g/mol. The molecule has 8 N–H and O–H groups in total. The van der Waals surface area contributed by atoms with Crippen LogP contribution in [0.5, 0.6) is 0 Å². The maximum Gasteiger partial charge on any atom is 0.326 e. The van der Waals surface area contributed by atoms with Crippen molar-refractivity contribution in [1.29, 1.82) is 0 Å². The van der Waals surface area contributed by atoms with E-state index in [2.05, 4.69) is 16.0 Å². The van der Waals surface area contributed by atoms with E-state index in [0.29, 0.717) is 19.4 Å². The number of nitrogens with two attached hydrogens (primary N) is 2. The number of nitrogens with one attached hydrogen (secondary N) is 3. The summed E-state index contributed by atoms with van der Waals surface area (Å²) in [7, 11) is 0. The van der Waals surface area contributed by atoms with Crippen LogP contribution in [0.3, 0.4) is 0 Å². The second-order valence-electron chi connectivity index (χ2n) is 8.06. The van der Waals surface area contributed by atoms with E-state index in [-0.39, 0.29) is 18.3 Å². The molecule has 0 heterocycles. The lowest BCUT2D eigenvalue weighted by molar-refractivity contribution is -0.142. The van der Waals surface area contributed by atoms with E-state index in [1.54, 1.807) is 13.8 Å². The smallest absolute Gasteiger partial charge is 0.326 e. The Morgan fingerprint density at radius 3 is 1.97 bits per heavy atom. The van der Waals surface area contributed by atoms with Gasteiger partial charge in [0.05, 0.1) is 6.04 Å². The van der Waals surface area contributed by atoms with Crippen molar-refractivity contribution in [1.82, 2.24) is 16.0 Å². The van der Waals surface area contributed by atoms with Crippen LogP contribution >= 0.6 is 0 Å². The molecule has 5 unspecified atom stereocenters. The highest BCUT2D eigenvalue weighted by Gasteiger charge is 2.30. The fourth-order valence-corrected chi connectivity index (χ4v) is 2.71. The van der Waals surface area contributed by atoms with E-state index in [0.717, 1.165) is 6.42 Å². The van der Waals surface area contributed by atoms with E-state index < -0.39 is 47.9 Å². The first kappa shape index (κ1) is 27.8. The average molecular weight is 430 g/mol. The standard InChI is InChI=1S/C20H39N5O5/c1-6-12(4)15(22)18(27)25-16(11(2)3)19(28)23-13(5)17(26)24-14(20(29)30)9-7-8-10-21/h11-16H,6-10,21-22H2,1-5H3,(H,23,28)(H,24,26)(H,25,27)(H,29,30). The predicted octanol–water partition coefficient (Wildman–Crippen LogP) is -0.296. The number of aliphatic carboxylic acids is 1. The van der Waals surface area contributed by atoms with E-state index >= 15 is 0 Å². The third-order valence-electron chi connectivity index (χ3n) is 5.12. The van der Waals surface area contributed by atoms with Gasteiger partial charge < -0.3 is 32.5 Å². The molecule has 0 aliphatic rings. The number of hydrogen-bond acceptors (Lipinski definition) is 6. The van der Waals surface area contributed by atoms with E-state index in [4.69, 9.17) is 11.5 Å². The summed E-state index contributed by atoms with van der Waals surface area (Å²) in [5.41, 5.74) is 11.3. The number of carbonyl (C=O) groups is 4. The van der Waals surface area contributed by atoms with Crippen molar-refractivity contribution < 1.29 is 24.3 Å². The SMILES string of the molecule is CCC(C)C(N)C(=O)NC(C(=O)NC(C)C(=O)NC(CCCCN)C(=O)O)C(C)C. The molecule has 0 rings (SSSR count). The van der Waals surface area contributed by atoms with Crippen molar-refractivity contribution >= 4 is 23.7 Å². The lowest BCUT2D eigenvalue weighted by Gasteiger charge is -2.26. The van der Waals surface area contributed by atoms with Crippen LogP contribution in [0.15, 0.2) is 0 Å². The molecule has 0 radical (unpaired) electrons. The Bertz CT molecular complexity index is 584. The van der Waals surface area contributed by atoms with E-state index in [9.17, 15) is 24.3 Å². The lowest BCUT2D eigenvalue weighted by atomic mass is 9.97. The Balaban J connectivity index is 4.96. The van der Waals surface area contributed by atoms with Crippen LogP contribution in [-0.4, -0.2) is 59.5 Å². The Kier molecular flexibility index (Phi) is 12.9. The molecule has 0 aliphatic heterocycles. The molecule has 0 aromatic rings. The van der Waals surface area contributed by atoms with Gasteiger partial charge in [0, 0.05) is 0 Å². The van der Waals surface area contributed by atoms with E-state index in [1.165, 1.54) is 6.92 Å². The molecule has 0 fully saturated rings. The molecule has 5 atom stereocenters. The van der Waals surface area contributed by atoms with Gasteiger partial charge >= 0.3 is 5.97 Å². The second-order valence-corrected chi connectivity index (χ2v) is 8.06. The molecule has 0 bridgehead atoms. The molecule has 30 heavy (non-hydrogen) atoms. The van der Waals surface area contributed by atoms with Crippen LogP contribution in [-0.2, 0) is 19.2 Å². The van der Waals surface area contributed by atoms with Gasteiger partial charge in [-0.3, -0.25) is 14.4 Å². The minimum Gasteiger partial charge on any atom is -0.480 e. The molecule has 0 saturated heterocycles. The highest BCUT2D eigenvalue weighted by atomic mass is 16.4. The summed E-state index contributed by atoms with van der Waals surface area (Å²) >= 11 is 0. The number of hydrogen-bond donors (Lipinski definition) is 6. The molecule has 0 spiro atoms. The summed E-state index contributed by atoms with van der Waals surface area (Å²) in [6, 6.07) is -3.65. The lowest BCUT2D eigenvalue weighted by Crippen LogP contribution is -2.58. The Morgan fingerprint density at radius 1 is 0.900 bits per heavy atom. The van der Waals surface area contributed by atoms with Crippen molar-refractivity contribution in [2.45, 2.75) is 84.5 Å². The van der Waals surface area contributed by atoms with Crippen molar-refractivity contribution in [3.8, 4) is 0 Å². The minimum atomic E-state index is -1.15. The van der Waals surface area contributed by atoms with Gasteiger partial charge in [-0.1, -0.05) is 34.1 Å². The highest BCUT2D eigenvalue weighted by Crippen LogP contribution is 2.08. The summed E-state index contributed by atoms with van der Waals surface area (Å²) in [6.07, 6.45) is 2.18. The van der Waals surface area contributed by atoms with Gasteiger partial charge in [0.2, 0.25) is 17.7 Å².